The highest BCUT2D eigenvalue weighted by molar-refractivity contribution is 5.76. The third-order valence-corrected chi connectivity index (χ3v) is 2.81. The molecule has 17 heavy (non-hydrogen) atoms. The Morgan fingerprint density at radius 1 is 1.35 bits per heavy atom. The van der Waals surface area contributed by atoms with Crippen molar-refractivity contribution in [3.8, 4) is 11.1 Å². The third kappa shape index (κ3) is 2.72. The van der Waals surface area contributed by atoms with Crippen LogP contribution >= 0.6 is 0 Å². The number of nitrogens with zero attached hydrogens (tertiary/aromatic N) is 1. The minimum Gasteiger partial charge on any atom is -0.369 e. The molecule has 4 heteroatoms. The maximum absolute atomic E-state index is 11.0. The predicted octanol–water partition coefficient (Wildman–Crippen LogP) is 1.74. The number of primary amides is 1. The van der Waals surface area contributed by atoms with Gasteiger partial charge in [0.15, 0.2) is 0 Å². The normalized spacial score (nSPS) is 12.3. The summed E-state index contributed by atoms with van der Waals surface area (Å²) in [7, 11) is 0. The van der Waals surface area contributed by atoms with E-state index >= 15 is 0 Å². The number of amides is 1. The Morgan fingerprint density at radius 2 is 2.06 bits per heavy atom. The summed E-state index contributed by atoms with van der Waals surface area (Å²) in [6.45, 7) is 1.84. The van der Waals surface area contributed by atoms with Crippen LogP contribution in [0.5, 0.6) is 0 Å². The van der Waals surface area contributed by atoms with E-state index < -0.39 is 0 Å². The maximum Gasteiger partial charge on any atom is 0.220 e. The molecule has 0 saturated heterocycles. The van der Waals surface area contributed by atoms with Crippen LogP contribution in [0.25, 0.3) is 11.1 Å². The zero-order valence-electron chi connectivity index (χ0n) is 9.68. The number of benzene rings is 1. The van der Waals surface area contributed by atoms with Crippen LogP contribution in [0, 0.1) is 5.92 Å². The van der Waals surface area contributed by atoms with Gasteiger partial charge in [0.1, 0.15) is 0 Å². The van der Waals surface area contributed by atoms with E-state index in [1.165, 1.54) is 0 Å². The molecule has 0 spiro atoms. The van der Waals surface area contributed by atoms with Crippen LogP contribution in [0.4, 0.5) is 0 Å². The molecule has 1 unspecified atom stereocenters. The Balaban J connectivity index is 2.11. The molecule has 1 aromatic heterocycles. The second-order valence-electron chi connectivity index (χ2n) is 4.19. The van der Waals surface area contributed by atoms with E-state index in [0.29, 0.717) is 6.42 Å². The van der Waals surface area contributed by atoms with Gasteiger partial charge in [-0.15, -0.1) is 0 Å². The first-order chi connectivity index (χ1) is 8.16. The number of carbonyl (C=O) groups excluding carboxylic acids is 1. The van der Waals surface area contributed by atoms with Crippen molar-refractivity contribution in [2.45, 2.75) is 13.3 Å². The van der Waals surface area contributed by atoms with Crippen molar-refractivity contribution in [1.82, 2.24) is 10.2 Å². The molecular weight excluding hydrogens is 214 g/mol. The number of hydrogen-bond donors (Lipinski definition) is 2. The summed E-state index contributed by atoms with van der Waals surface area (Å²) in [6, 6.07) is 8.07. The number of rotatable bonds is 4. The molecule has 0 aliphatic rings. The monoisotopic (exact) mass is 229 g/mol. The van der Waals surface area contributed by atoms with Crippen LogP contribution in [0.15, 0.2) is 36.7 Å². The standard InChI is InChI=1S/C13H15N3O/c1-9(13(14)17)6-10-2-4-11(5-3-10)12-7-15-16-8-12/h2-5,7-9H,6H2,1H3,(H2,14,17)(H,15,16). The molecule has 0 fully saturated rings. The summed E-state index contributed by atoms with van der Waals surface area (Å²) in [5, 5.41) is 6.69. The first-order valence-corrected chi connectivity index (χ1v) is 5.54. The van der Waals surface area contributed by atoms with Crippen molar-refractivity contribution in [3.63, 3.8) is 0 Å². The zero-order valence-corrected chi connectivity index (χ0v) is 9.68. The highest BCUT2D eigenvalue weighted by Gasteiger charge is 2.09. The Hall–Kier alpha value is -2.10. The summed E-state index contributed by atoms with van der Waals surface area (Å²) < 4.78 is 0. The molecule has 0 radical (unpaired) electrons. The zero-order chi connectivity index (χ0) is 12.3. The van der Waals surface area contributed by atoms with Gasteiger partial charge in [0.05, 0.1) is 6.20 Å². The predicted molar refractivity (Wildman–Crippen MR) is 66.1 cm³/mol. The molecular formula is C13H15N3O. The average molecular weight is 229 g/mol. The van der Waals surface area contributed by atoms with Gasteiger partial charge in [-0.25, -0.2) is 0 Å². The van der Waals surface area contributed by atoms with Crippen molar-refractivity contribution in [3.05, 3.63) is 42.2 Å². The average Bonchev–Trinajstić information content (AvgIpc) is 2.83. The lowest BCUT2D eigenvalue weighted by Crippen LogP contribution is -2.22. The molecule has 0 saturated carbocycles. The lowest BCUT2D eigenvalue weighted by atomic mass is 9.99. The molecule has 1 aromatic carbocycles. The fourth-order valence-electron chi connectivity index (χ4n) is 1.70. The van der Waals surface area contributed by atoms with Gasteiger partial charge in [-0.05, 0) is 17.5 Å². The number of aromatic amines is 1. The molecule has 1 amide bonds. The van der Waals surface area contributed by atoms with Gasteiger partial charge < -0.3 is 5.73 Å². The molecule has 1 atom stereocenters. The van der Waals surface area contributed by atoms with Crippen LogP contribution < -0.4 is 5.73 Å². The van der Waals surface area contributed by atoms with Crippen LogP contribution in [0.3, 0.4) is 0 Å². The number of nitrogens with one attached hydrogen (secondary N) is 1. The van der Waals surface area contributed by atoms with Gasteiger partial charge in [0, 0.05) is 17.7 Å². The van der Waals surface area contributed by atoms with Crippen molar-refractivity contribution in [2.75, 3.05) is 0 Å². The Kier molecular flexibility index (Phi) is 3.23. The fourth-order valence-corrected chi connectivity index (χ4v) is 1.70. The van der Waals surface area contributed by atoms with Gasteiger partial charge in [0.2, 0.25) is 5.91 Å². The van der Waals surface area contributed by atoms with E-state index in [1.807, 2.05) is 37.4 Å². The minimum absolute atomic E-state index is 0.130. The number of hydrogen-bond acceptors (Lipinski definition) is 2. The molecule has 0 aliphatic carbocycles. The molecule has 2 aromatic rings. The third-order valence-electron chi connectivity index (χ3n) is 2.81. The highest BCUT2D eigenvalue weighted by atomic mass is 16.1. The summed E-state index contributed by atoms with van der Waals surface area (Å²) in [6.07, 6.45) is 4.31. The number of carbonyl (C=O) groups is 1. The summed E-state index contributed by atoms with van der Waals surface area (Å²) >= 11 is 0. The molecule has 2 rings (SSSR count). The van der Waals surface area contributed by atoms with E-state index in [9.17, 15) is 4.79 Å². The topological polar surface area (TPSA) is 71.8 Å². The molecule has 4 nitrogen and oxygen atoms in total. The molecule has 3 N–H and O–H groups in total. The quantitative estimate of drug-likeness (QED) is 0.838. The van der Waals surface area contributed by atoms with E-state index in [4.69, 9.17) is 5.73 Å². The number of H-pyrrole nitrogens is 1. The largest absolute Gasteiger partial charge is 0.369 e. The molecule has 0 bridgehead atoms. The smallest absolute Gasteiger partial charge is 0.220 e. The van der Waals surface area contributed by atoms with E-state index in [0.717, 1.165) is 16.7 Å². The fraction of sp³-hybridized carbons (Fsp3) is 0.231. The highest BCUT2D eigenvalue weighted by Crippen LogP contribution is 2.19. The Bertz CT molecular complexity index is 488. The second-order valence-corrected chi connectivity index (χ2v) is 4.19. The Morgan fingerprint density at radius 3 is 2.59 bits per heavy atom. The molecule has 1 heterocycles. The minimum atomic E-state index is -0.260. The summed E-state index contributed by atoms with van der Waals surface area (Å²) in [5.74, 6) is -0.390. The van der Waals surface area contributed by atoms with Gasteiger partial charge in [0.25, 0.3) is 0 Å². The summed E-state index contributed by atoms with van der Waals surface area (Å²) in [5.41, 5.74) is 8.51. The second kappa shape index (κ2) is 4.82. The van der Waals surface area contributed by atoms with Crippen LogP contribution in [-0.2, 0) is 11.2 Å². The number of nitrogens with two attached hydrogens (primary N) is 1. The molecule has 88 valence electrons. The first-order valence-electron chi connectivity index (χ1n) is 5.54. The lowest BCUT2D eigenvalue weighted by Gasteiger charge is -2.07. The van der Waals surface area contributed by atoms with Gasteiger partial charge >= 0.3 is 0 Å². The van der Waals surface area contributed by atoms with Crippen molar-refractivity contribution < 1.29 is 4.79 Å². The van der Waals surface area contributed by atoms with Gasteiger partial charge in [-0.2, -0.15) is 5.10 Å². The van der Waals surface area contributed by atoms with E-state index in [1.54, 1.807) is 6.20 Å². The van der Waals surface area contributed by atoms with Crippen molar-refractivity contribution >= 4 is 5.91 Å². The summed E-state index contributed by atoms with van der Waals surface area (Å²) in [4.78, 5) is 11.0. The van der Waals surface area contributed by atoms with Gasteiger partial charge in [-0.3, -0.25) is 9.89 Å². The molecule has 0 aliphatic heterocycles. The van der Waals surface area contributed by atoms with Crippen LogP contribution in [0.1, 0.15) is 12.5 Å². The number of aromatic nitrogens is 2. The maximum atomic E-state index is 11.0. The van der Waals surface area contributed by atoms with E-state index in [-0.39, 0.29) is 11.8 Å². The van der Waals surface area contributed by atoms with Gasteiger partial charge in [-0.1, -0.05) is 31.2 Å². The van der Waals surface area contributed by atoms with Crippen LogP contribution in [-0.4, -0.2) is 16.1 Å². The van der Waals surface area contributed by atoms with Crippen molar-refractivity contribution in [1.29, 1.82) is 0 Å². The Labute approximate surface area is 99.8 Å². The van der Waals surface area contributed by atoms with E-state index in [2.05, 4.69) is 10.2 Å². The van der Waals surface area contributed by atoms with Crippen LogP contribution in [0.2, 0.25) is 0 Å². The SMILES string of the molecule is CC(Cc1ccc(-c2cn[nH]c2)cc1)C(N)=O. The van der Waals surface area contributed by atoms with Crippen molar-refractivity contribution in [2.24, 2.45) is 11.7 Å². The lowest BCUT2D eigenvalue weighted by molar-refractivity contribution is -0.121. The first kappa shape index (κ1) is 11.4.